The zero-order valence-electron chi connectivity index (χ0n) is 10.3. The fourth-order valence-electron chi connectivity index (χ4n) is 0.921. The molecule has 0 aliphatic heterocycles. The molecule has 0 fully saturated rings. The third kappa shape index (κ3) is 8.05. The van der Waals surface area contributed by atoms with Gasteiger partial charge in [0.1, 0.15) is 6.54 Å². The number of aliphatic imine (C=N–C) groups is 1. The summed E-state index contributed by atoms with van der Waals surface area (Å²) in [5.41, 5.74) is 2.42. The molecule has 0 atom stereocenters. The second kappa shape index (κ2) is 8.96. The van der Waals surface area contributed by atoms with Crippen LogP contribution in [0.4, 0.5) is 0 Å². The smallest absolute Gasteiger partial charge is 0.241 e. The molecule has 94 valence electrons. The predicted octanol–water partition coefficient (Wildman–Crippen LogP) is -0.422. The van der Waals surface area contributed by atoms with E-state index in [1.807, 2.05) is 20.8 Å². The SMILES string of the molecule is CCCNC(=NCC(=O)NCC(C)C)NN. The van der Waals surface area contributed by atoms with Crippen LogP contribution >= 0.6 is 0 Å². The first kappa shape index (κ1) is 14.7. The summed E-state index contributed by atoms with van der Waals surface area (Å²) < 4.78 is 0. The third-order valence-electron chi connectivity index (χ3n) is 1.77. The summed E-state index contributed by atoms with van der Waals surface area (Å²) in [6.07, 6.45) is 0.972. The number of nitrogens with one attached hydrogen (secondary N) is 3. The van der Waals surface area contributed by atoms with Gasteiger partial charge in [-0.25, -0.2) is 10.8 Å². The zero-order chi connectivity index (χ0) is 12.4. The first-order valence-electron chi connectivity index (χ1n) is 5.61. The van der Waals surface area contributed by atoms with Crippen molar-refractivity contribution in [3.63, 3.8) is 0 Å². The summed E-state index contributed by atoms with van der Waals surface area (Å²) >= 11 is 0. The van der Waals surface area contributed by atoms with Crippen molar-refractivity contribution in [1.29, 1.82) is 0 Å². The van der Waals surface area contributed by atoms with Gasteiger partial charge in [0.2, 0.25) is 11.9 Å². The number of nitrogens with two attached hydrogens (primary N) is 1. The summed E-state index contributed by atoms with van der Waals surface area (Å²) in [5, 5.41) is 5.75. The number of carbonyl (C=O) groups is 1. The summed E-state index contributed by atoms with van der Waals surface area (Å²) in [4.78, 5) is 15.3. The van der Waals surface area contributed by atoms with Crippen LogP contribution in [0.3, 0.4) is 0 Å². The molecule has 0 aliphatic rings. The van der Waals surface area contributed by atoms with Gasteiger partial charge < -0.3 is 10.6 Å². The number of hydrogen-bond acceptors (Lipinski definition) is 3. The molecule has 6 heteroatoms. The molecule has 0 aromatic carbocycles. The zero-order valence-corrected chi connectivity index (χ0v) is 10.3. The van der Waals surface area contributed by atoms with E-state index in [4.69, 9.17) is 5.84 Å². The normalized spacial score (nSPS) is 11.4. The number of rotatable bonds is 6. The maximum absolute atomic E-state index is 11.3. The number of carbonyl (C=O) groups excluding carboxylic acids is 1. The molecule has 0 aromatic heterocycles. The van der Waals surface area contributed by atoms with Crippen molar-refractivity contribution in [2.75, 3.05) is 19.6 Å². The van der Waals surface area contributed by atoms with Crippen LogP contribution in [0.2, 0.25) is 0 Å². The van der Waals surface area contributed by atoms with E-state index in [0.717, 1.165) is 13.0 Å². The fraction of sp³-hybridized carbons (Fsp3) is 0.800. The van der Waals surface area contributed by atoms with Crippen molar-refractivity contribution in [2.45, 2.75) is 27.2 Å². The van der Waals surface area contributed by atoms with Crippen LogP contribution in [-0.4, -0.2) is 31.5 Å². The van der Waals surface area contributed by atoms with Crippen LogP contribution in [-0.2, 0) is 4.79 Å². The van der Waals surface area contributed by atoms with Crippen LogP contribution in [0.5, 0.6) is 0 Å². The largest absolute Gasteiger partial charge is 0.355 e. The van der Waals surface area contributed by atoms with Gasteiger partial charge in [0.15, 0.2) is 0 Å². The predicted molar refractivity (Wildman–Crippen MR) is 65.8 cm³/mol. The molecule has 0 spiro atoms. The summed E-state index contributed by atoms with van der Waals surface area (Å²) in [5.74, 6) is 6.04. The van der Waals surface area contributed by atoms with E-state index in [2.05, 4.69) is 21.1 Å². The van der Waals surface area contributed by atoms with E-state index >= 15 is 0 Å². The first-order valence-corrected chi connectivity index (χ1v) is 5.61. The van der Waals surface area contributed by atoms with E-state index < -0.39 is 0 Å². The Hall–Kier alpha value is -1.30. The molecule has 1 amide bonds. The molecule has 0 saturated heterocycles. The number of nitrogens with zero attached hydrogens (tertiary/aromatic N) is 1. The minimum Gasteiger partial charge on any atom is -0.355 e. The lowest BCUT2D eigenvalue weighted by molar-refractivity contribution is -0.119. The monoisotopic (exact) mass is 229 g/mol. The van der Waals surface area contributed by atoms with Gasteiger partial charge in [-0.05, 0) is 12.3 Å². The van der Waals surface area contributed by atoms with Crippen molar-refractivity contribution < 1.29 is 4.79 Å². The van der Waals surface area contributed by atoms with E-state index in [1.165, 1.54) is 0 Å². The van der Waals surface area contributed by atoms with Gasteiger partial charge >= 0.3 is 0 Å². The van der Waals surface area contributed by atoms with Gasteiger partial charge in [0.05, 0.1) is 0 Å². The molecule has 0 bridgehead atoms. The highest BCUT2D eigenvalue weighted by Crippen LogP contribution is 1.86. The highest BCUT2D eigenvalue weighted by Gasteiger charge is 2.01. The average molecular weight is 229 g/mol. The number of guanidine groups is 1. The highest BCUT2D eigenvalue weighted by molar-refractivity contribution is 5.84. The van der Waals surface area contributed by atoms with Crippen molar-refractivity contribution in [3.8, 4) is 0 Å². The summed E-state index contributed by atoms with van der Waals surface area (Å²) in [6, 6.07) is 0. The molecule has 0 heterocycles. The molecular weight excluding hydrogens is 206 g/mol. The van der Waals surface area contributed by atoms with Crippen molar-refractivity contribution in [2.24, 2.45) is 16.8 Å². The van der Waals surface area contributed by atoms with Gasteiger partial charge in [-0.2, -0.15) is 0 Å². The lowest BCUT2D eigenvalue weighted by atomic mass is 10.2. The molecule has 16 heavy (non-hydrogen) atoms. The first-order chi connectivity index (χ1) is 7.60. The van der Waals surface area contributed by atoms with Crippen LogP contribution in [0.25, 0.3) is 0 Å². The Bertz CT molecular complexity index is 227. The molecule has 0 aliphatic carbocycles. The standard InChI is InChI=1S/C10H23N5O/c1-4-5-12-10(15-11)14-7-9(16)13-6-8(2)3/h8H,4-7,11H2,1-3H3,(H,13,16)(H2,12,14,15). The maximum atomic E-state index is 11.3. The third-order valence-corrected chi connectivity index (χ3v) is 1.77. The van der Waals surface area contributed by atoms with E-state index in [0.29, 0.717) is 18.4 Å². The van der Waals surface area contributed by atoms with Crippen molar-refractivity contribution in [1.82, 2.24) is 16.1 Å². The van der Waals surface area contributed by atoms with E-state index in [1.54, 1.807) is 0 Å². The number of hydrogen-bond donors (Lipinski definition) is 4. The highest BCUT2D eigenvalue weighted by atomic mass is 16.1. The quantitative estimate of drug-likeness (QED) is 0.215. The fourth-order valence-corrected chi connectivity index (χ4v) is 0.921. The average Bonchev–Trinajstić information content (AvgIpc) is 2.26. The molecule has 0 saturated carbocycles. The van der Waals surface area contributed by atoms with E-state index in [-0.39, 0.29) is 12.5 Å². The topological polar surface area (TPSA) is 91.5 Å². The Morgan fingerprint density at radius 3 is 2.56 bits per heavy atom. The molecule has 0 aromatic rings. The van der Waals surface area contributed by atoms with Crippen LogP contribution in [0.1, 0.15) is 27.2 Å². The molecule has 0 radical (unpaired) electrons. The van der Waals surface area contributed by atoms with E-state index in [9.17, 15) is 4.79 Å². The number of hydrazine groups is 1. The second-order valence-corrected chi connectivity index (χ2v) is 3.93. The Kier molecular flexibility index (Phi) is 8.24. The van der Waals surface area contributed by atoms with Crippen molar-refractivity contribution >= 4 is 11.9 Å². The molecule has 6 nitrogen and oxygen atoms in total. The Morgan fingerprint density at radius 2 is 2.06 bits per heavy atom. The van der Waals surface area contributed by atoms with Crippen LogP contribution < -0.4 is 21.9 Å². The second-order valence-electron chi connectivity index (χ2n) is 3.93. The molecule has 0 unspecified atom stereocenters. The van der Waals surface area contributed by atoms with Gasteiger partial charge in [-0.15, -0.1) is 0 Å². The Morgan fingerprint density at radius 1 is 1.38 bits per heavy atom. The Labute approximate surface area is 97.0 Å². The number of amides is 1. The minimum atomic E-state index is -0.0975. The van der Waals surface area contributed by atoms with Crippen LogP contribution in [0.15, 0.2) is 4.99 Å². The molecule has 0 rings (SSSR count). The Balaban J connectivity index is 3.87. The minimum absolute atomic E-state index is 0.0863. The summed E-state index contributed by atoms with van der Waals surface area (Å²) in [7, 11) is 0. The lowest BCUT2D eigenvalue weighted by Gasteiger charge is -2.08. The van der Waals surface area contributed by atoms with Crippen molar-refractivity contribution in [3.05, 3.63) is 0 Å². The lowest BCUT2D eigenvalue weighted by Crippen LogP contribution is -2.42. The van der Waals surface area contributed by atoms with Gasteiger partial charge in [-0.3, -0.25) is 10.2 Å². The summed E-state index contributed by atoms with van der Waals surface area (Å²) in [6.45, 7) is 7.65. The van der Waals surface area contributed by atoms with Gasteiger partial charge in [0, 0.05) is 13.1 Å². The van der Waals surface area contributed by atoms with Gasteiger partial charge in [0.25, 0.3) is 0 Å². The van der Waals surface area contributed by atoms with Crippen LogP contribution in [0, 0.1) is 5.92 Å². The maximum Gasteiger partial charge on any atom is 0.241 e. The molecular formula is C10H23N5O. The van der Waals surface area contributed by atoms with Gasteiger partial charge in [-0.1, -0.05) is 20.8 Å². The molecule has 5 N–H and O–H groups in total.